The van der Waals surface area contributed by atoms with Gasteiger partial charge in [-0.05, 0) is 50.2 Å². The summed E-state index contributed by atoms with van der Waals surface area (Å²) >= 11 is 1.43. The maximum absolute atomic E-state index is 12.4. The van der Waals surface area contributed by atoms with Gasteiger partial charge in [-0.1, -0.05) is 0 Å². The van der Waals surface area contributed by atoms with Gasteiger partial charge in [0, 0.05) is 22.9 Å². The van der Waals surface area contributed by atoms with Crippen LogP contribution >= 0.6 is 11.3 Å². The van der Waals surface area contributed by atoms with Gasteiger partial charge in [-0.25, -0.2) is 4.98 Å². The van der Waals surface area contributed by atoms with E-state index in [2.05, 4.69) is 4.98 Å². The summed E-state index contributed by atoms with van der Waals surface area (Å²) in [6, 6.07) is 9.95. The molecule has 0 atom stereocenters. The first-order valence-electron chi connectivity index (χ1n) is 10.8. The summed E-state index contributed by atoms with van der Waals surface area (Å²) in [4.78, 5) is 29.1. The number of hydrogen-bond donors (Lipinski definition) is 1. The van der Waals surface area contributed by atoms with Gasteiger partial charge in [0.05, 0.1) is 32.4 Å². The molecule has 1 N–H and O–H groups in total. The number of phenolic OH excluding ortho intramolecular Hbond substituents is 1. The van der Waals surface area contributed by atoms with E-state index >= 15 is 0 Å². The number of methoxy groups -OCH3 is 1. The van der Waals surface area contributed by atoms with Crippen LogP contribution in [0.2, 0.25) is 0 Å². The van der Waals surface area contributed by atoms with Gasteiger partial charge >= 0.3 is 5.97 Å². The van der Waals surface area contributed by atoms with Crippen molar-refractivity contribution < 1.29 is 33.6 Å². The number of benzene rings is 2. The zero-order valence-corrected chi connectivity index (χ0v) is 20.1. The lowest BCUT2D eigenvalue weighted by Crippen LogP contribution is -2.08. The maximum atomic E-state index is 12.4. The third-order valence-corrected chi connectivity index (χ3v) is 5.72. The number of esters is 1. The Labute approximate surface area is 202 Å². The lowest BCUT2D eigenvalue weighted by atomic mass is 10.1. The first kappa shape index (κ1) is 25.0. The van der Waals surface area contributed by atoms with Crippen LogP contribution in [-0.4, -0.2) is 42.2 Å². The van der Waals surface area contributed by atoms with Crippen molar-refractivity contribution in [3.8, 4) is 33.6 Å². The number of nitrogens with zero attached hydrogens (tertiary/aromatic N) is 1. The van der Waals surface area contributed by atoms with Crippen LogP contribution in [0, 0.1) is 0 Å². The number of ether oxygens (including phenoxy) is 4. The Hall–Kier alpha value is -3.59. The molecule has 34 heavy (non-hydrogen) atoms. The van der Waals surface area contributed by atoms with Gasteiger partial charge in [-0.15, -0.1) is 11.3 Å². The Morgan fingerprint density at radius 2 is 1.74 bits per heavy atom. The van der Waals surface area contributed by atoms with Crippen molar-refractivity contribution in [1.29, 1.82) is 0 Å². The molecule has 8 nitrogen and oxygen atoms in total. The van der Waals surface area contributed by atoms with Crippen LogP contribution in [0.3, 0.4) is 0 Å². The molecule has 0 bridgehead atoms. The average Bonchev–Trinajstić information content (AvgIpc) is 3.32. The number of carbonyl (C=O) groups excluding carboxylic acids is 2. The molecule has 0 radical (unpaired) electrons. The van der Waals surface area contributed by atoms with Crippen molar-refractivity contribution in [2.75, 3.05) is 20.3 Å². The Kier molecular flexibility index (Phi) is 8.86. The second-order valence-electron chi connectivity index (χ2n) is 7.14. The number of aromatic nitrogens is 1. The van der Waals surface area contributed by atoms with Crippen LogP contribution in [0.15, 0.2) is 41.8 Å². The molecule has 180 valence electrons. The van der Waals surface area contributed by atoms with Gasteiger partial charge in [0.2, 0.25) is 0 Å². The van der Waals surface area contributed by atoms with E-state index in [1.54, 1.807) is 14.0 Å². The first-order valence-corrected chi connectivity index (χ1v) is 11.7. The normalized spacial score (nSPS) is 10.6. The average molecular weight is 486 g/mol. The summed E-state index contributed by atoms with van der Waals surface area (Å²) in [7, 11) is 1.58. The van der Waals surface area contributed by atoms with Gasteiger partial charge < -0.3 is 24.1 Å². The van der Waals surface area contributed by atoms with E-state index in [0.29, 0.717) is 36.0 Å². The molecule has 0 aliphatic rings. The molecule has 9 heteroatoms. The number of thiazole rings is 1. The molecule has 0 saturated carbocycles. The molecule has 0 fully saturated rings. The summed E-state index contributed by atoms with van der Waals surface area (Å²) in [6.45, 7) is 4.61. The van der Waals surface area contributed by atoms with Crippen molar-refractivity contribution in [2.24, 2.45) is 0 Å². The predicted molar refractivity (Wildman–Crippen MR) is 128 cm³/mol. The second-order valence-corrected chi connectivity index (χ2v) is 8.00. The fourth-order valence-electron chi connectivity index (χ4n) is 3.13. The molecule has 0 saturated heterocycles. The molecule has 2 aromatic carbocycles. The van der Waals surface area contributed by atoms with E-state index in [4.69, 9.17) is 18.9 Å². The van der Waals surface area contributed by atoms with E-state index in [1.165, 1.54) is 29.5 Å². The Bertz CT molecular complexity index is 1140. The van der Waals surface area contributed by atoms with Gasteiger partial charge in [0.25, 0.3) is 0 Å². The van der Waals surface area contributed by atoms with Crippen molar-refractivity contribution in [3.63, 3.8) is 0 Å². The van der Waals surface area contributed by atoms with Gasteiger partial charge in [0.15, 0.2) is 28.8 Å². The minimum atomic E-state index is -0.491. The Morgan fingerprint density at radius 3 is 2.47 bits per heavy atom. The van der Waals surface area contributed by atoms with Crippen LogP contribution in [0.1, 0.15) is 42.7 Å². The molecular weight excluding hydrogens is 458 g/mol. The molecule has 0 unspecified atom stereocenters. The highest BCUT2D eigenvalue weighted by Crippen LogP contribution is 2.34. The number of ketones is 1. The van der Waals surface area contributed by atoms with Crippen molar-refractivity contribution in [3.05, 3.63) is 53.0 Å². The van der Waals surface area contributed by atoms with E-state index in [-0.39, 0.29) is 36.7 Å². The first-order chi connectivity index (χ1) is 16.4. The number of rotatable bonds is 12. The second kappa shape index (κ2) is 12.0. The highest BCUT2D eigenvalue weighted by atomic mass is 32.1. The van der Waals surface area contributed by atoms with E-state index in [9.17, 15) is 14.7 Å². The van der Waals surface area contributed by atoms with Crippen LogP contribution in [0.25, 0.3) is 10.6 Å². The summed E-state index contributed by atoms with van der Waals surface area (Å²) in [5.74, 6) is 0.752. The monoisotopic (exact) mass is 485 g/mol. The largest absolute Gasteiger partial charge is 0.504 e. The molecule has 1 heterocycles. The van der Waals surface area contributed by atoms with Gasteiger partial charge in [-0.3, -0.25) is 9.59 Å². The molecule has 0 spiro atoms. The third kappa shape index (κ3) is 6.48. The molecular formula is C25H27NO7S. The van der Waals surface area contributed by atoms with Gasteiger partial charge in [0.1, 0.15) is 11.6 Å². The van der Waals surface area contributed by atoms with E-state index in [0.717, 1.165) is 10.6 Å². The Morgan fingerprint density at radius 1 is 0.971 bits per heavy atom. The van der Waals surface area contributed by atoms with E-state index in [1.807, 2.05) is 30.5 Å². The van der Waals surface area contributed by atoms with Gasteiger partial charge in [-0.2, -0.15) is 0 Å². The maximum Gasteiger partial charge on any atom is 0.306 e. The summed E-state index contributed by atoms with van der Waals surface area (Å²) < 4.78 is 21.5. The minimum Gasteiger partial charge on any atom is -0.504 e. The number of phenols is 1. The SMILES string of the molecule is CCOc1cc(C(=O)CCC(=O)OCc2csc(-c3ccc(OCC)c(OC)c3)n2)ccc1O. The quantitative estimate of drug-likeness (QED) is 0.281. The number of aromatic hydroxyl groups is 1. The van der Waals surface area contributed by atoms with Crippen molar-refractivity contribution in [1.82, 2.24) is 4.98 Å². The standard InChI is InChI=1S/C25H27NO7S/c1-4-31-21-10-7-17(13-23(21)30-3)25-26-18(15-34-25)14-33-24(29)11-9-19(27)16-6-8-20(28)22(12-16)32-5-2/h6-8,10,12-13,15,28H,4-5,9,11,14H2,1-3H3. The van der Waals surface area contributed by atoms with Crippen LogP contribution < -0.4 is 14.2 Å². The minimum absolute atomic E-state index is 0.0105. The molecule has 3 aromatic rings. The van der Waals surface area contributed by atoms with Crippen LogP contribution in [-0.2, 0) is 16.1 Å². The lowest BCUT2D eigenvalue weighted by molar-refractivity contribution is -0.145. The van der Waals surface area contributed by atoms with Crippen molar-refractivity contribution >= 4 is 23.1 Å². The lowest BCUT2D eigenvalue weighted by Gasteiger charge is -2.10. The molecule has 0 aliphatic heterocycles. The number of carbonyl (C=O) groups is 2. The number of hydrogen-bond acceptors (Lipinski definition) is 9. The molecule has 0 amide bonds. The molecule has 1 aromatic heterocycles. The summed E-state index contributed by atoms with van der Waals surface area (Å²) in [5, 5.41) is 12.3. The van der Waals surface area contributed by atoms with Crippen LogP contribution in [0.5, 0.6) is 23.0 Å². The van der Waals surface area contributed by atoms with Crippen molar-refractivity contribution in [2.45, 2.75) is 33.3 Å². The highest BCUT2D eigenvalue weighted by molar-refractivity contribution is 7.13. The summed E-state index contributed by atoms with van der Waals surface area (Å²) in [5.41, 5.74) is 1.85. The summed E-state index contributed by atoms with van der Waals surface area (Å²) in [6.07, 6.45) is -0.0692. The van der Waals surface area contributed by atoms with Crippen LogP contribution in [0.4, 0.5) is 0 Å². The van der Waals surface area contributed by atoms with E-state index < -0.39 is 5.97 Å². The highest BCUT2D eigenvalue weighted by Gasteiger charge is 2.14. The predicted octanol–water partition coefficient (Wildman–Crippen LogP) is 5.03. The zero-order valence-electron chi connectivity index (χ0n) is 19.3. The Balaban J connectivity index is 1.52. The molecule has 3 rings (SSSR count). The molecule has 0 aliphatic carbocycles. The third-order valence-electron chi connectivity index (χ3n) is 4.78. The smallest absolute Gasteiger partial charge is 0.306 e. The fourth-order valence-corrected chi connectivity index (χ4v) is 3.93. The topological polar surface area (TPSA) is 104 Å². The number of Topliss-reactive ketones (excluding diaryl/α,β-unsaturated/α-hetero) is 1. The fraction of sp³-hybridized carbons (Fsp3) is 0.320. The zero-order chi connectivity index (χ0) is 24.5.